The molecule has 0 aromatic carbocycles. The second-order valence-electron chi connectivity index (χ2n) is 3.88. The number of rotatable bonds is 5. The lowest BCUT2D eigenvalue weighted by atomic mass is 10.2. The minimum atomic E-state index is -0.260. The lowest BCUT2D eigenvalue weighted by Crippen LogP contribution is -2.46. The van der Waals surface area contributed by atoms with Crippen LogP contribution in [0.4, 0.5) is 4.79 Å². The van der Waals surface area contributed by atoms with Gasteiger partial charge in [-0.1, -0.05) is 0 Å². The zero-order valence-electron chi connectivity index (χ0n) is 10.2. The third-order valence-corrected chi connectivity index (χ3v) is 2.60. The molecule has 1 aliphatic heterocycles. The summed E-state index contributed by atoms with van der Waals surface area (Å²) in [6, 6.07) is 0. The summed E-state index contributed by atoms with van der Waals surface area (Å²) in [4.78, 5) is 24.0. The highest BCUT2D eigenvalue weighted by Gasteiger charge is 2.16. The molecule has 0 saturated carbocycles. The minimum Gasteiger partial charge on any atom is -0.469 e. The molecule has 1 fully saturated rings. The molecule has 0 aromatic rings. The van der Waals surface area contributed by atoms with E-state index < -0.39 is 0 Å². The SMILES string of the molecule is COC(=O)CCCCOC(=O)N1CCNCC1. The van der Waals surface area contributed by atoms with E-state index in [2.05, 4.69) is 10.1 Å². The van der Waals surface area contributed by atoms with Gasteiger partial charge in [0.25, 0.3) is 0 Å². The van der Waals surface area contributed by atoms with Crippen molar-refractivity contribution in [3.05, 3.63) is 0 Å². The van der Waals surface area contributed by atoms with Crippen molar-refractivity contribution in [3.63, 3.8) is 0 Å². The van der Waals surface area contributed by atoms with Gasteiger partial charge < -0.3 is 19.7 Å². The van der Waals surface area contributed by atoms with Gasteiger partial charge in [0.15, 0.2) is 0 Å². The molecule has 98 valence electrons. The zero-order valence-corrected chi connectivity index (χ0v) is 10.2. The molecule has 6 heteroatoms. The number of esters is 1. The molecule has 1 heterocycles. The molecule has 1 N–H and O–H groups in total. The van der Waals surface area contributed by atoms with Crippen molar-refractivity contribution in [2.75, 3.05) is 39.9 Å². The molecule has 0 aromatic heterocycles. The molecule has 6 nitrogen and oxygen atoms in total. The van der Waals surface area contributed by atoms with Crippen molar-refractivity contribution in [2.24, 2.45) is 0 Å². The summed E-state index contributed by atoms with van der Waals surface area (Å²) in [5, 5.41) is 3.16. The Bertz CT molecular complexity index is 252. The lowest BCUT2D eigenvalue weighted by Gasteiger charge is -2.26. The van der Waals surface area contributed by atoms with Crippen LogP contribution in [0.15, 0.2) is 0 Å². The first-order chi connectivity index (χ1) is 8.24. The standard InChI is InChI=1S/C11H20N2O4/c1-16-10(14)4-2-3-9-17-11(15)13-7-5-12-6-8-13/h12H,2-9H2,1H3. The van der Waals surface area contributed by atoms with Gasteiger partial charge >= 0.3 is 12.1 Å². The molecule has 0 aliphatic carbocycles. The highest BCUT2D eigenvalue weighted by Crippen LogP contribution is 2.01. The Morgan fingerprint density at radius 2 is 1.94 bits per heavy atom. The van der Waals surface area contributed by atoms with Gasteiger partial charge in [-0.2, -0.15) is 0 Å². The highest BCUT2D eigenvalue weighted by atomic mass is 16.6. The largest absolute Gasteiger partial charge is 0.469 e. The number of nitrogens with one attached hydrogen (secondary N) is 1. The number of carbonyl (C=O) groups excluding carboxylic acids is 2. The minimum absolute atomic E-state index is 0.224. The predicted octanol–water partition coefficient (Wildman–Crippen LogP) is 0.371. The Balaban J connectivity index is 2.01. The first-order valence-electron chi connectivity index (χ1n) is 5.93. The summed E-state index contributed by atoms with van der Waals surface area (Å²) in [6.07, 6.45) is 1.49. The monoisotopic (exact) mass is 244 g/mol. The van der Waals surface area contributed by atoms with Gasteiger partial charge in [0, 0.05) is 32.6 Å². The molecule has 1 rings (SSSR count). The van der Waals surface area contributed by atoms with Gasteiger partial charge in [-0.25, -0.2) is 4.79 Å². The van der Waals surface area contributed by atoms with Crippen molar-refractivity contribution in [3.8, 4) is 0 Å². The molecule has 0 unspecified atom stereocenters. The molecule has 1 amide bonds. The molecule has 0 atom stereocenters. The Hall–Kier alpha value is -1.30. The fraction of sp³-hybridized carbons (Fsp3) is 0.818. The van der Waals surface area contributed by atoms with Crippen LogP contribution in [-0.2, 0) is 14.3 Å². The normalized spacial score (nSPS) is 15.5. The summed E-state index contributed by atoms with van der Waals surface area (Å²) in [6.45, 7) is 3.39. The average molecular weight is 244 g/mol. The summed E-state index contributed by atoms with van der Waals surface area (Å²) in [5.41, 5.74) is 0. The van der Waals surface area contributed by atoms with E-state index in [4.69, 9.17) is 4.74 Å². The predicted molar refractivity (Wildman–Crippen MR) is 61.7 cm³/mol. The van der Waals surface area contributed by atoms with E-state index >= 15 is 0 Å². The van der Waals surface area contributed by atoms with E-state index in [1.807, 2.05) is 0 Å². The van der Waals surface area contributed by atoms with Gasteiger partial charge in [0.2, 0.25) is 0 Å². The van der Waals surface area contributed by atoms with E-state index in [-0.39, 0.29) is 12.1 Å². The van der Waals surface area contributed by atoms with Crippen LogP contribution in [0.1, 0.15) is 19.3 Å². The van der Waals surface area contributed by atoms with Crippen molar-refractivity contribution < 1.29 is 19.1 Å². The van der Waals surface area contributed by atoms with Gasteiger partial charge in [-0.3, -0.25) is 4.79 Å². The third-order valence-electron chi connectivity index (χ3n) is 2.60. The molecular weight excluding hydrogens is 224 g/mol. The summed E-state index contributed by atoms with van der Waals surface area (Å²) >= 11 is 0. The van der Waals surface area contributed by atoms with Crippen LogP contribution in [-0.4, -0.2) is 56.9 Å². The molecule has 17 heavy (non-hydrogen) atoms. The second kappa shape index (κ2) is 7.89. The van der Waals surface area contributed by atoms with Crippen molar-refractivity contribution in [2.45, 2.75) is 19.3 Å². The highest BCUT2D eigenvalue weighted by molar-refractivity contribution is 5.69. The number of carbonyl (C=O) groups is 2. The number of hydrogen-bond acceptors (Lipinski definition) is 5. The lowest BCUT2D eigenvalue weighted by molar-refractivity contribution is -0.140. The number of methoxy groups -OCH3 is 1. The molecule has 0 bridgehead atoms. The summed E-state index contributed by atoms with van der Waals surface area (Å²) in [7, 11) is 1.37. The number of amides is 1. The van der Waals surface area contributed by atoms with Gasteiger partial charge in [0.05, 0.1) is 13.7 Å². The molecule has 1 aliphatic rings. The Labute approximate surface area is 101 Å². The van der Waals surface area contributed by atoms with Crippen LogP contribution in [0.25, 0.3) is 0 Å². The Kier molecular flexibility index (Phi) is 6.39. The quantitative estimate of drug-likeness (QED) is 0.559. The third kappa shape index (κ3) is 5.53. The number of piperazine rings is 1. The van der Waals surface area contributed by atoms with Crippen LogP contribution in [0, 0.1) is 0 Å². The van der Waals surface area contributed by atoms with E-state index in [0.29, 0.717) is 39.0 Å². The molecular formula is C11H20N2O4. The Morgan fingerprint density at radius 1 is 1.24 bits per heavy atom. The first kappa shape index (κ1) is 13.8. The number of ether oxygens (including phenoxy) is 2. The second-order valence-corrected chi connectivity index (χ2v) is 3.88. The van der Waals surface area contributed by atoms with E-state index in [1.165, 1.54) is 7.11 Å². The maximum Gasteiger partial charge on any atom is 0.409 e. The molecule has 0 radical (unpaired) electrons. The maximum absolute atomic E-state index is 11.5. The van der Waals surface area contributed by atoms with Crippen LogP contribution in [0.3, 0.4) is 0 Å². The topological polar surface area (TPSA) is 67.9 Å². The van der Waals surface area contributed by atoms with E-state index in [1.54, 1.807) is 4.90 Å². The fourth-order valence-electron chi connectivity index (χ4n) is 1.57. The van der Waals surface area contributed by atoms with Gasteiger partial charge in [-0.15, -0.1) is 0 Å². The smallest absolute Gasteiger partial charge is 0.409 e. The van der Waals surface area contributed by atoms with Gasteiger partial charge in [0.1, 0.15) is 0 Å². The fourth-order valence-corrected chi connectivity index (χ4v) is 1.57. The molecule has 1 saturated heterocycles. The zero-order chi connectivity index (χ0) is 12.5. The summed E-state index contributed by atoms with van der Waals surface area (Å²) in [5.74, 6) is -0.224. The number of nitrogens with zero attached hydrogens (tertiary/aromatic N) is 1. The van der Waals surface area contributed by atoms with Crippen molar-refractivity contribution in [1.82, 2.24) is 10.2 Å². The number of unbranched alkanes of at least 4 members (excludes halogenated alkanes) is 1. The van der Waals surface area contributed by atoms with Crippen LogP contribution in [0.2, 0.25) is 0 Å². The Morgan fingerprint density at radius 3 is 2.59 bits per heavy atom. The van der Waals surface area contributed by atoms with Crippen molar-refractivity contribution in [1.29, 1.82) is 0 Å². The van der Waals surface area contributed by atoms with Gasteiger partial charge in [-0.05, 0) is 12.8 Å². The summed E-state index contributed by atoms with van der Waals surface area (Å²) < 4.78 is 9.62. The van der Waals surface area contributed by atoms with Crippen LogP contribution < -0.4 is 5.32 Å². The number of hydrogen-bond donors (Lipinski definition) is 1. The van der Waals surface area contributed by atoms with Crippen molar-refractivity contribution >= 4 is 12.1 Å². The maximum atomic E-state index is 11.5. The average Bonchev–Trinajstić information content (AvgIpc) is 2.38. The van der Waals surface area contributed by atoms with E-state index in [9.17, 15) is 9.59 Å². The van der Waals surface area contributed by atoms with Crippen LogP contribution in [0.5, 0.6) is 0 Å². The first-order valence-corrected chi connectivity index (χ1v) is 5.93. The van der Waals surface area contributed by atoms with Crippen LogP contribution >= 0.6 is 0 Å². The molecule has 0 spiro atoms. The van der Waals surface area contributed by atoms with E-state index in [0.717, 1.165) is 13.1 Å².